The second-order valence-corrected chi connectivity index (χ2v) is 7.37. The molecule has 1 aromatic rings. The number of hydrogen-bond donors (Lipinski definition) is 1. The summed E-state index contributed by atoms with van der Waals surface area (Å²) in [4.78, 5) is 8.20. The number of nitrogens with one attached hydrogen (secondary N) is 1. The minimum Gasteiger partial charge on any atom is -0.346 e. The molecule has 2 heterocycles. The van der Waals surface area contributed by atoms with Crippen LogP contribution in [-0.4, -0.2) is 27.2 Å². The molecule has 17 heavy (non-hydrogen) atoms. The van der Waals surface area contributed by atoms with Gasteiger partial charge in [0.25, 0.3) is 0 Å². The van der Waals surface area contributed by atoms with Gasteiger partial charge < -0.3 is 4.98 Å². The highest BCUT2D eigenvalue weighted by molar-refractivity contribution is 8.06. The number of rotatable bonds is 1. The first-order valence-electron chi connectivity index (χ1n) is 6.16. The minimum absolute atomic E-state index is 0.516. The highest BCUT2D eigenvalue weighted by atomic mass is 32.2. The molecule has 1 atom stereocenters. The first-order chi connectivity index (χ1) is 8.34. The molecule has 0 spiro atoms. The average Bonchev–Trinajstić information content (AvgIpc) is 2.40. The molecule has 1 unspecified atom stereocenters. The number of aromatic nitrogens is 2. The monoisotopic (exact) mass is 284 g/mol. The van der Waals surface area contributed by atoms with Crippen LogP contribution in [0.2, 0.25) is 0 Å². The standard InChI is InChI=1S/C12H16N2S3/c15-12-8-3-1-2-4-9(8)13-11(14-12)10-7-16-5-6-17-10/h10H,1-7H2,(H,13,14,15). The van der Waals surface area contributed by atoms with E-state index in [0.717, 1.165) is 23.3 Å². The number of fused-ring (bicyclic) bond motifs is 1. The molecule has 0 radical (unpaired) electrons. The van der Waals surface area contributed by atoms with E-state index in [2.05, 4.69) is 9.97 Å². The van der Waals surface area contributed by atoms with Crippen molar-refractivity contribution < 1.29 is 0 Å². The molecule has 0 amide bonds. The van der Waals surface area contributed by atoms with E-state index in [-0.39, 0.29) is 0 Å². The van der Waals surface area contributed by atoms with Crippen LogP contribution >= 0.6 is 35.7 Å². The van der Waals surface area contributed by atoms with Gasteiger partial charge in [-0.1, -0.05) is 12.2 Å². The summed E-state index contributed by atoms with van der Waals surface area (Å²) in [7, 11) is 0. The summed E-state index contributed by atoms with van der Waals surface area (Å²) in [6, 6.07) is 0. The molecule has 0 bridgehead atoms. The maximum atomic E-state index is 5.45. The Hall–Kier alpha value is -0.0000000000000000555. The van der Waals surface area contributed by atoms with Crippen molar-refractivity contribution in [2.24, 2.45) is 0 Å². The summed E-state index contributed by atoms with van der Waals surface area (Å²) < 4.78 is 0.852. The van der Waals surface area contributed by atoms with Crippen LogP contribution in [0.15, 0.2) is 0 Å². The van der Waals surface area contributed by atoms with Crippen LogP contribution in [0.3, 0.4) is 0 Å². The van der Waals surface area contributed by atoms with Gasteiger partial charge in [-0.2, -0.15) is 11.8 Å². The Morgan fingerprint density at radius 2 is 2.12 bits per heavy atom. The highest BCUT2D eigenvalue weighted by Crippen LogP contribution is 2.35. The fourth-order valence-electron chi connectivity index (χ4n) is 2.44. The fraction of sp³-hybridized carbons (Fsp3) is 0.667. The Kier molecular flexibility index (Phi) is 3.78. The maximum Gasteiger partial charge on any atom is 0.133 e. The lowest BCUT2D eigenvalue weighted by Crippen LogP contribution is -2.15. The summed E-state index contributed by atoms with van der Waals surface area (Å²) in [6.45, 7) is 0. The number of aryl methyl sites for hydroxylation is 1. The molecular weight excluding hydrogens is 268 g/mol. The number of H-pyrrole nitrogens is 1. The molecule has 2 nitrogen and oxygen atoms in total. The van der Waals surface area contributed by atoms with Gasteiger partial charge in [0.1, 0.15) is 10.5 Å². The molecule has 2 aliphatic rings. The van der Waals surface area contributed by atoms with E-state index in [0.29, 0.717) is 5.25 Å². The number of hydrogen-bond acceptors (Lipinski definition) is 4. The van der Waals surface area contributed by atoms with Crippen LogP contribution in [0.4, 0.5) is 0 Å². The van der Waals surface area contributed by atoms with Gasteiger partial charge in [-0.05, 0) is 25.7 Å². The largest absolute Gasteiger partial charge is 0.346 e. The summed E-state index contributed by atoms with van der Waals surface area (Å²) >= 11 is 9.49. The summed E-state index contributed by atoms with van der Waals surface area (Å²) in [6.07, 6.45) is 4.82. The Balaban J connectivity index is 1.95. The zero-order valence-electron chi connectivity index (χ0n) is 9.70. The van der Waals surface area contributed by atoms with Crippen molar-refractivity contribution in [1.82, 2.24) is 9.97 Å². The SMILES string of the molecule is S=c1nc(C2CSCCS2)[nH]c2c1CCCC2. The van der Waals surface area contributed by atoms with Gasteiger partial charge in [-0.3, -0.25) is 0 Å². The van der Waals surface area contributed by atoms with Crippen LogP contribution in [0.1, 0.15) is 35.2 Å². The van der Waals surface area contributed by atoms with E-state index in [1.165, 1.54) is 41.4 Å². The van der Waals surface area contributed by atoms with E-state index >= 15 is 0 Å². The van der Waals surface area contributed by atoms with Crippen molar-refractivity contribution in [3.8, 4) is 0 Å². The predicted molar refractivity (Wildman–Crippen MR) is 78.6 cm³/mol. The number of thioether (sulfide) groups is 2. The van der Waals surface area contributed by atoms with Gasteiger partial charge in [0.15, 0.2) is 0 Å². The third-order valence-electron chi connectivity index (χ3n) is 3.35. The number of aromatic amines is 1. The zero-order chi connectivity index (χ0) is 11.7. The smallest absolute Gasteiger partial charge is 0.133 e. The molecule has 92 valence electrons. The second kappa shape index (κ2) is 5.33. The number of nitrogens with zero attached hydrogens (tertiary/aromatic N) is 1. The molecule has 1 aliphatic heterocycles. The minimum atomic E-state index is 0.516. The van der Waals surface area contributed by atoms with Crippen molar-refractivity contribution in [2.45, 2.75) is 30.9 Å². The molecule has 1 aromatic heterocycles. The van der Waals surface area contributed by atoms with Crippen LogP contribution < -0.4 is 0 Å². The highest BCUT2D eigenvalue weighted by Gasteiger charge is 2.21. The molecule has 5 heteroatoms. The van der Waals surface area contributed by atoms with Gasteiger partial charge >= 0.3 is 0 Å². The molecule has 1 saturated heterocycles. The van der Waals surface area contributed by atoms with Gasteiger partial charge in [0, 0.05) is 28.5 Å². The molecule has 1 fully saturated rings. The molecular formula is C12H16N2S3. The van der Waals surface area contributed by atoms with Crippen LogP contribution in [-0.2, 0) is 12.8 Å². The summed E-state index contributed by atoms with van der Waals surface area (Å²) in [5, 5.41) is 0.516. The van der Waals surface area contributed by atoms with Gasteiger partial charge in [-0.25, -0.2) is 4.98 Å². The first-order valence-corrected chi connectivity index (χ1v) is 8.77. The quantitative estimate of drug-likeness (QED) is 0.799. The van der Waals surface area contributed by atoms with Crippen molar-refractivity contribution in [3.05, 3.63) is 21.7 Å². The van der Waals surface area contributed by atoms with Crippen LogP contribution in [0.25, 0.3) is 0 Å². The van der Waals surface area contributed by atoms with E-state index in [4.69, 9.17) is 12.2 Å². The molecule has 0 aromatic carbocycles. The maximum absolute atomic E-state index is 5.45. The van der Waals surface area contributed by atoms with E-state index in [1.54, 1.807) is 0 Å². The lowest BCUT2D eigenvalue weighted by atomic mass is 9.97. The molecule has 1 aliphatic carbocycles. The second-order valence-electron chi connectivity index (χ2n) is 4.53. The third-order valence-corrected chi connectivity index (χ3v) is 6.45. The van der Waals surface area contributed by atoms with Crippen molar-refractivity contribution in [1.29, 1.82) is 0 Å². The lowest BCUT2D eigenvalue weighted by Gasteiger charge is -2.23. The van der Waals surface area contributed by atoms with Crippen LogP contribution in [0, 0.1) is 4.64 Å². The van der Waals surface area contributed by atoms with E-state index < -0.39 is 0 Å². The first kappa shape index (κ1) is 12.1. The van der Waals surface area contributed by atoms with Crippen molar-refractivity contribution >= 4 is 35.7 Å². The normalized spacial score (nSPS) is 24.4. The predicted octanol–water partition coefficient (Wildman–Crippen LogP) is 3.54. The lowest BCUT2D eigenvalue weighted by molar-refractivity contribution is 0.651. The summed E-state index contributed by atoms with van der Waals surface area (Å²) in [5.74, 6) is 4.79. The Bertz CT molecular complexity index is 463. The molecule has 3 rings (SSSR count). The summed E-state index contributed by atoms with van der Waals surface area (Å²) in [5.41, 5.74) is 2.67. The van der Waals surface area contributed by atoms with Gasteiger partial charge in [0.05, 0.1) is 5.25 Å². The fourth-order valence-corrected chi connectivity index (χ4v) is 5.38. The third kappa shape index (κ3) is 2.56. The van der Waals surface area contributed by atoms with Crippen molar-refractivity contribution in [2.75, 3.05) is 17.3 Å². The molecule has 1 N–H and O–H groups in total. The Morgan fingerprint density at radius 1 is 1.24 bits per heavy atom. The Morgan fingerprint density at radius 3 is 2.94 bits per heavy atom. The Labute approximate surface area is 115 Å². The average molecular weight is 284 g/mol. The van der Waals surface area contributed by atoms with Gasteiger partial charge in [0.2, 0.25) is 0 Å². The zero-order valence-corrected chi connectivity index (χ0v) is 12.1. The van der Waals surface area contributed by atoms with E-state index in [9.17, 15) is 0 Å². The van der Waals surface area contributed by atoms with Crippen molar-refractivity contribution in [3.63, 3.8) is 0 Å². The topological polar surface area (TPSA) is 28.7 Å². The molecule has 0 saturated carbocycles. The van der Waals surface area contributed by atoms with Crippen LogP contribution in [0.5, 0.6) is 0 Å². The van der Waals surface area contributed by atoms with E-state index in [1.807, 2.05) is 23.5 Å². The van der Waals surface area contributed by atoms with Gasteiger partial charge in [-0.15, -0.1) is 11.8 Å².